The molecule has 1 atom stereocenters. The minimum Gasteiger partial charge on any atom is -0.353 e. The number of nitrogens with zero attached hydrogens (tertiary/aromatic N) is 3. The molecular formula is C12H20N4. The summed E-state index contributed by atoms with van der Waals surface area (Å²) < 4.78 is 0. The second-order valence-electron chi connectivity index (χ2n) is 4.43. The molecule has 0 aliphatic carbocycles. The molecule has 4 nitrogen and oxygen atoms in total. The monoisotopic (exact) mass is 220 g/mol. The molecule has 0 saturated carbocycles. The van der Waals surface area contributed by atoms with Gasteiger partial charge in [0.25, 0.3) is 0 Å². The van der Waals surface area contributed by atoms with Crippen LogP contribution in [0.5, 0.6) is 0 Å². The minimum atomic E-state index is 0.596. The number of aromatic nitrogens is 2. The van der Waals surface area contributed by atoms with Gasteiger partial charge in [0.2, 0.25) is 0 Å². The highest BCUT2D eigenvalue weighted by Crippen LogP contribution is 2.21. The van der Waals surface area contributed by atoms with E-state index in [4.69, 9.17) is 0 Å². The van der Waals surface area contributed by atoms with Crippen LogP contribution in [0.4, 0.5) is 5.82 Å². The molecule has 0 spiro atoms. The lowest BCUT2D eigenvalue weighted by Gasteiger charge is -2.34. The third-order valence-corrected chi connectivity index (χ3v) is 3.15. The van der Waals surface area contributed by atoms with Crippen molar-refractivity contribution in [3.8, 4) is 0 Å². The summed E-state index contributed by atoms with van der Waals surface area (Å²) in [5.41, 5.74) is 0.996. The largest absolute Gasteiger partial charge is 0.353 e. The Kier molecular flexibility index (Phi) is 3.72. The van der Waals surface area contributed by atoms with Crippen LogP contribution in [-0.2, 0) is 6.54 Å². The summed E-state index contributed by atoms with van der Waals surface area (Å²) in [5, 5.41) is 3.08. The predicted molar refractivity (Wildman–Crippen MR) is 65.5 cm³/mol. The highest BCUT2D eigenvalue weighted by Gasteiger charge is 2.19. The number of nitrogens with one attached hydrogen (secondary N) is 1. The highest BCUT2D eigenvalue weighted by molar-refractivity contribution is 5.37. The Balaban J connectivity index is 2.08. The third kappa shape index (κ3) is 2.50. The van der Waals surface area contributed by atoms with Crippen molar-refractivity contribution < 1.29 is 0 Å². The summed E-state index contributed by atoms with van der Waals surface area (Å²) in [7, 11) is 1.92. The van der Waals surface area contributed by atoms with E-state index in [-0.39, 0.29) is 0 Å². The van der Waals surface area contributed by atoms with Crippen molar-refractivity contribution in [3.05, 3.63) is 18.1 Å². The van der Waals surface area contributed by atoms with Crippen LogP contribution in [0, 0.1) is 0 Å². The normalized spacial score (nSPS) is 21.1. The minimum absolute atomic E-state index is 0.596. The summed E-state index contributed by atoms with van der Waals surface area (Å²) in [6, 6.07) is 0.596. The standard InChI is InChI=1S/C12H20N4/c1-10-5-3-4-6-16(10)12-9-14-11(7-13-2)8-15-12/h8-10,13H,3-7H2,1-2H3. The molecule has 1 fully saturated rings. The summed E-state index contributed by atoms with van der Waals surface area (Å²) in [4.78, 5) is 11.3. The Bertz CT molecular complexity index is 322. The Hall–Kier alpha value is -1.16. The average Bonchev–Trinajstić information content (AvgIpc) is 2.31. The number of piperidine rings is 1. The van der Waals surface area contributed by atoms with Gasteiger partial charge in [0.05, 0.1) is 18.1 Å². The Labute approximate surface area is 97.1 Å². The van der Waals surface area contributed by atoms with E-state index in [0.717, 1.165) is 24.6 Å². The van der Waals surface area contributed by atoms with E-state index in [1.54, 1.807) is 0 Å². The Morgan fingerprint density at radius 2 is 2.25 bits per heavy atom. The molecule has 4 heteroatoms. The molecule has 1 aliphatic rings. The average molecular weight is 220 g/mol. The second kappa shape index (κ2) is 5.25. The molecule has 0 amide bonds. The fraction of sp³-hybridized carbons (Fsp3) is 0.667. The van der Waals surface area contributed by atoms with Crippen LogP contribution < -0.4 is 10.2 Å². The number of hydrogen-bond donors (Lipinski definition) is 1. The predicted octanol–water partition coefficient (Wildman–Crippen LogP) is 1.57. The van der Waals surface area contributed by atoms with Gasteiger partial charge >= 0.3 is 0 Å². The van der Waals surface area contributed by atoms with Crippen molar-refractivity contribution in [3.63, 3.8) is 0 Å². The maximum atomic E-state index is 4.49. The zero-order valence-corrected chi connectivity index (χ0v) is 10.1. The van der Waals surface area contributed by atoms with E-state index < -0.39 is 0 Å². The second-order valence-corrected chi connectivity index (χ2v) is 4.43. The first kappa shape index (κ1) is 11.3. The first-order valence-corrected chi connectivity index (χ1v) is 6.03. The third-order valence-electron chi connectivity index (χ3n) is 3.15. The van der Waals surface area contributed by atoms with Crippen molar-refractivity contribution in [2.45, 2.75) is 38.8 Å². The van der Waals surface area contributed by atoms with E-state index in [1.165, 1.54) is 19.3 Å². The van der Waals surface area contributed by atoms with E-state index in [2.05, 4.69) is 27.1 Å². The molecule has 1 saturated heterocycles. The van der Waals surface area contributed by atoms with E-state index in [0.29, 0.717) is 6.04 Å². The van der Waals surface area contributed by atoms with Crippen LogP contribution in [0.1, 0.15) is 31.9 Å². The maximum Gasteiger partial charge on any atom is 0.147 e. The van der Waals surface area contributed by atoms with E-state index in [9.17, 15) is 0 Å². The van der Waals surface area contributed by atoms with Crippen LogP contribution >= 0.6 is 0 Å². The van der Waals surface area contributed by atoms with Crippen molar-refractivity contribution in [2.24, 2.45) is 0 Å². The number of rotatable bonds is 3. The molecule has 2 heterocycles. The zero-order valence-electron chi connectivity index (χ0n) is 10.1. The number of anilines is 1. The molecular weight excluding hydrogens is 200 g/mol. The molecule has 0 aromatic carbocycles. The lowest BCUT2D eigenvalue weighted by molar-refractivity contribution is 0.480. The van der Waals surface area contributed by atoms with Crippen molar-refractivity contribution in [1.29, 1.82) is 0 Å². The van der Waals surface area contributed by atoms with Gasteiger partial charge in [-0.25, -0.2) is 4.98 Å². The first-order valence-electron chi connectivity index (χ1n) is 6.03. The van der Waals surface area contributed by atoms with Gasteiger partial charge in [0.15, 0.2) is 0 Å². The van der Waals surface area contributed by atoms with Crippen LogP contribution in [0.25, 0.3) is 0 Å². The Morgan fingerprint density at radius 3 is 2.88 bits per heavy atom. The maximum absolute atomic E-state index is 4.49. The van der Waals surface area contributed by atoms with E-state index in [1.807, 2.05) is 19.4 Å². The SMILES string of the molecule is CNCc1cnc(N2CCCCC2C)cn1. The Morgan fingerprint density at radius 1 is 1.38 bits per heavy atom. The summed E-state index contributed by atoms with van der Waals surface area (Å²) in [6.45, 7) is 4.16. The van der Waals surface area contributed by atoms with E-state index >= 15 is 0 Å². The first-order chi connectivity index (χ1) is 7.81. The van der Waals surface area contributed by atoms with Crippen molar-refractivity contribution >= 4 is 5.82 Å². The molecule has 1 aromatic rings. The fourth-order valence-electron chi connectivity index (χ4n) is 2.21. The molecule has 0 radical (unpaired) electrons. The lowest BCUT2D eigenvalue weighted by Crippen LogP contribution is -2.38. The van der Waals surface area contributed by atoms with Gasteiger partial charge < -0.3 is 10.2 Å². The zero-order chi connectivity index (χ0) is 11.4. The molecule has 1 N–H and O–H groups in total. The van der Waals surface area contributed by atoms with Gasteiger partial charge in [-0.15, -0.1) is 0 Å². The molecule has 0 bridgehead atoms. The molecule has 88 valence electrons. The summed E-state index contributed by atoms with van der Waals surface area (Å²) in [5.74, 6) is 1.02. The van der Waals surface area contributed by atoms with Crippen molar-refractivity contribution in [1.82, 2.24) is 15.3 Å². The molecule has 1 aliphatic heterocycles. The van der Waals surface area contributed by atoms with Gasteiger partial charge in [0.1, 0.15) is 5.82 Å². The van der Waals surface area contributed by atoms with Gasteiger partial charge in [-0.05, 0) is 33.2 Å². The van der Waals surface area contributed by atoms with Gasteiger partial charge in [-0.3, -0.25) is 4.98 Å². The summed E-state index contributed by atoms with van der Waals surface area (Å²) in [6.07, 6.45) is 7.63. The topological polar surface area (TPSA) is 41.1 Å². The molecule has 1 unspecified atom stereocenters. The quantitative estimate of drug-likeness (QED) is 0.839. The lowest BCUT2D eigenvalue weighted by atomic mass is 10.0. The highest BCUT2D eigenvalue weighted by atomic mass is 15.2. The van der Waals surface area contributed by atoms with Gasteiger partial charge in [-0.1, -0.05) is 0 Å². The fourth-order valence-corrected chi connectivity index (χ4v) is 2.21. The van der Waals surface area contributed by atoms with Gasteiger partial charge in [0, 0.05) is 19.1 Å². The van der Waals surface area contributed by atoms with Crippen LogP contribution in [0.2, 0.25) is 0 Å². The summed E-state index contributed by atoms with van der Waals surface area (Å²) >= 11 is 0. The van der Waals surface area contributed by atoms with Crippen LogP contribution in [-0.4, -0.2) is 29.6 Å². The smallest absolute Gasteiger partial charge is 0.147 e. The molecule has 16 heavy (non-hydrogen) atoms. The van der Waals surface area contributed by atoms with Crippen LogP contribution in [0.3, 0.4) is 0 Å². The van der Waals surface area contributed by atoms with Crippen molar-refractivity contribution in [2.75, 3.05) is 18.5 Å². The molecule has 2 rings (SSSR count). The molecule has 1 aromatic heterocycles. The number of hydrogen-bond acceptors (Lipinski definition) is 4. The van der Waals surface area contributed by atoms with Gasteiger partial charge in [-0.2, -0.15) is 0 Å². The van der Waals surface area contributed by atoms with Crippen LogP contribution in [0.15, 0.2) is 12.4 Å².